The van der Waals surface area contributed by atoms with Crippen molar-refractivity contribution in [1.82, 2.24) is 4.98 Å². The Balaban J connectivity index is 2.13. The lowest BCUT2D eigenvalue weighted by molar-refractivity contribution is 0.104. The molecule has 3 heteroatoms. The lowest BCUT2D eigenvalue weighted by atomic mass is 10.0. The zero-order valence-corrected chi connectivity index (χ0v) is 11.9. The number of carbonyl (C=O) groups excluding carboxylic acids is 1. The van der Waals surface area contributed by atoms with Crippen molar-refractivity contribution in [3.05, 3.63) is 70.4 Å². The van der Waals surface area contributed by atoms with Gasteiger partial charge in [-0.25, -0.2) is 0 Å². The van der Waals surface area contributed by atoms with Gasteiger partial charge in [-0.3, -0.25) is 4.79 Å². The lowest BCUT2D eigenvalue weighted by Crippen LogP contribution is -2.00. The van der Waals surface area contributed by atoms with Gasteiger partial charge in [0.1, 0.15) is 0 Å². The van der Waals surface area contributed by atoms with Crippen molar-refractivity contribution in [3.8, 4) is 0 Å². The number of aryl methyl sites for hydroxylation is 1. The SMILES string of the molecule is CCc1cccc2c(C(=O)c3cccc(Cl)c3)c[nH]c12. The number of aromatic nitrogens is 1. The molecule has 0 aliphatic heterocycles. The van der Waals surface area contributed by atoms with Gasteiger partial charge in [0, 0.05) is 33.2 Å². The highest BCUT2D eigenvalue weighted by atomic mass is 35.5. The fourth-order valence-electron chi connectivity index (χ4n) is 2.48. The highest BCUT2D eigenvalue weighted by Gasteiger charge is 2.15. The van der Waals surface area contributed by atoms with Crippen LogP contribution in [0.1, 0.15) is 28.4 Å². The fraction of sp³-hybridized carbons (Fsp3) is 0.118. The normalized spacial score (nSPS) is 10.9. The molecule has 0 unspecified atom stereocenters. The number of para-hydroxylation sites is 1. The van der Waals surface area contributed by atoms with E-state index in [4.69, 9.17) is 11.6 Å². The Morgan fingerprint density at radius 2 is 2.00 bits per heavy atom. The van der Waals surface area contributed by atoms with E-state index in [-0.39, 0.29) is 5.78 Å². The summed E-state index contributed by atoms with van der Waals surface area (Å²) in [6.45, 7) is 2.11. The summed E-state index contributed by atoms with van der Waals surface area (Å²) in [4.78, 5) is 15.8. The van der Waals surface area contributed by atoms with Crippen molar-refractivity contribution in [2.75, 3.05) is 0 Å². The number of aromatic amines is 1. The van der Waals surface area contributed by atoms with Gasteiger partial charge in [-0.15, -0.1) is 0 Å². The van der Waals surface area contributed by atoms with Gasteiger partial charge >= 0.3 is 0 Å². The molecule has 3 rings (SSSR count). The van der Waals surface area contributed by atoms with Crippen LogP contribution >= 0.6 is 11.6 Å². The maximum atomic E-state index is 12.6. The zero-order valence-electron chi connectivity index (χ0n) is 11.1. The molecule has 2 nitrogen and oxygen atoms in total. The van der Waals surface area contributed by atoms with Gasteiger partial charge in [0.2, 0.25) is 0 Å². The van der Waals surface area contributed by atoms with Crippen molar-refractivity contribution >= 4 is 28.3 Å². The van der Waals surface area contributed by atoms with E-state index in [0.29, 0.717) is 16.1 Å². The first-order chi connectivity index (χ1) is 9.70. The first-order valence-electron chi connectivity index (χ1n) is 6.60. The Bertz CT molecular complexity index is 789. The summed E-state index contributed by atoms with van der Waals surface area (Å²) >= 11 is 5.96. The molecule has 20 heavy (non-hydrogen) atoms. The van der Waals surface area contributed by atoms with Gasteiger partial charge < -0.3 is 4.98 Å². The minimum atomic E-state index is -0.00740. The summed E-state index contributed by atoms with van der Waals surface area (Å²) in [5, 5.41) is 1.54. The van der Waals surface area contributed by atoms with E-state index in [1.54, 1.807) is 30.5 Å². The molecule has 0 amide bonds. The Hall–Kier alpha value is -2.06. The van der Waals surface area contributed by atoms with E-state index < -0.39 is 0 Å². The van der Waals surface area contributed by atoms with E-state index in [9.17, 15) is 4.79 Å². The number of carbonyl (C=O) groups is 1. The number of ketones is 1. The van der Waals surface area contributed by atoms with E-state index in [1.165, 1.54) is 5.56 Å². The molecular formula is C17H14ClNO. The van der Waals surface area contributed by atoms with Crippen molar-refractivity contribution in [2.24, 2.45) is 0 Å². The van der Waals surface area contributed by atoms with Crippen molar-refractivity contribution in [1.29, 1.82) is 0 Å². The Morgan fingerprint density at radius 1 is 1.20 bits per heavy atom. The first kappa shape index (κ1) is 12.9. The first-order valence-corrected chi connectivity index (χ1v) is 6.97. The lowest BCUT2D eigenvalue weighted by Gasteiger charge is -2.02. The topological polar surface area (TPSA) is 32.9 Å². The monoisotopic (exact) mass is 283 g/mol. The smallest absolute Gasteiger partial charge is 0.195 e. The molecule has 0 atom stereocenters. The van der Waals surface area contributed by atoms with Crippen LogP contribution in [0.3, 0.4) is 0 Å². The second kappa shape index (κ2) is 5.14. The van der Waals surface area contributed by atoms with Crippen LogP contribution in [0.5, 0.6) is 0 Å². The predicted molar refractivity (Wildman–Crippen MR) is 82.6 cm³/mol. The Labute approximate surface area is 122 Å². The van der Waals surface area contributed by atoms with Crippen molar-refractivity contribution < 1.29 is 4.79 Å². The third kappa shape index (κ3) is 2.12. The van der Waals surface area contributed by atoms with Crippen LogP contribution < -0.4 is 0 Å². The van der Waals surface area contributed by atoms with Gasteiger partial charge in [0.05, 0.1) is 0 Å². The number of rotatable bonds is 3. The molecule has 0 radical (unpaired) electrons. The van der Waals surface area contributed by atoms with Crippen LogP contribution in [0, 0.1) is 0 Å². The second-order valence-electron chi connectivity index (χ2n) is 4.74. The highest BCUT2D eigenvalue weighted by molar-refractivity contribution is 6.31. The molecule has 0 fully saturated rings. The summed E-state index contributed by atoms with van der Waals surface area (Å²) in [6.07, 6.45) is 2.72. The molecule has 0 aliphatic carbocycles. The van der Waals surface area contributed by atoms with E-state index in [1.807, 2.05) is 12.1 Å². The third-order valence-corrected chi connectivity index (χ3v) is 3.75. The zero-order chi connectivity index (χ0) is 14.1. The maximum absolute atomic E-state index is 12.6. The van der Waals surface area contributed by atoms with Gasteiger partial charge in [0.15, 0.2) is 5.78 Å². The quantitative estimate of drug-likeness (QED) is 0.699. The van der Waals surface area contributed by atoms with Crippen molar-refractivity contribution in [2.45, 2.75) is 13.3 Å². The number of hydrogen-bond donors (Lipinski definition) is 1. The maximum Gasteiger partial charge on any atom is 0.195 e. The third-order valence-electron chi connectivity index (χ3n) is 3.51. The predicted octanol–water partition coefficient (Wildman–Crippen LogP) is 4.61. The second-order valence-corrected chi connectivity index (χ2v) is 5.17. The standard InChI is InChI=1S/C17H14ClNO/c1-2-11-5-4-8-14-15(10-19-16(11)14)17(20)12-6-3-7-13(18)9-12/h3-10,19H,2H2,1H3. The molecule has 1 aromatic heterocycles. The highest BCUT2D eigenvalue weighted by Crippen LogP contribution is 2.25. The Kier molecular flexibility index (Phi) is 3.33. The molecule has 0 saturated carbocycles. The summed E-state index contributed by atoms with van der Waals surface area (Å²) in [7, 11) is 0. The van der Waals surface area contributed by atoms with E-state index in [0.717, 1.165) is 17.3 Å². The van der Waals surface area contributed by atoms with Gasteiger partial charge in [-0.05, 0) is 24.1 Å². The average Bonchev–Trinajstić information content (AvgIpc) is 2.90. The number of nitrogens with one attached hydrogen (secondary N) is 1. The minimum Gasteiger partial charge on any atom is -0.360 e. The molecule has 0 saturated heterocycles. The number of hydrogen-bond acceptors (Lipinski definition) is 1. The summed E-state index contributed by atoms with van der Waals surface area (Å²) in [5.74, 6) is -0.00740. The number of halogens is 1. The number of fused-ring (bicyclic) bond motifs is 1. The average molecular weight is 284 g/mol. The Morgan fingerprint density at radius 3 is 2.75 bits per heavy atom. The molecule has 0 aliphatic rings. The number of H-pyrrole nitrogens is 1. The molecule has 100 valence electrons. The minimum absolute atomic E-state index is 0.00740. The van der Waals surface area contributed by atoms with Crippen LogP contribution in [0.4, 0.5) is 0 Å². The molecule has 0 bridgehead atoms. The van der Waals surface area contributed by atoms with Crippen LogP contribution in [-0.2, 0) is 6.42 Å². The molecule has 3 aromatic rings. The largest absolute Gasteiger partial charge is 0.360 e. The van der Waals surface area contributed by atoms with E-state index in [2.05, 4.69) is 18.0 Å². The molecule has 1 heterocycles. The fourth-order valence-corrected chi connectivity index (χ4v) is 2.68. The molecule has 1 N–H and O–H groups in total. The van der Waals surface area contributed by atoms with Crippen LogP contribution in [0.15, 0.2) is 48.7 Å². The van der Waals surface area contributed by atoms with Gasteiger partial charge in [-0.2, -0.15) is 0 Å². The molecular weight excluding hydrogens is 270 g/mol. The summed E-state index contributed by atoms with van der Waals surface area (Å²) in [5.41, 5.74) is 3.56. The van der Waals surface area contributed by atoms with Crippen LogP contribution in [-0.4, -0.2) is 10.8 Å². The number of benzene rings is 2. The molecule has 0 spiro atoms. The molecule has 2 aromatic carbocycles. The summed E-state index contributed by atoms with van der Waals surface area (Å²) in [6, 6.07) is 13.1. The van der Waals surface area contributed by atoms with Gasteiger partial charge in [-0.1, -0.05) is 48.9 Å². The van der Waals surface area contributed by atoms with Crippen LogP contribution in [0.2, 0.25) is 5.02 Å². The van der Waals surface area contributed by atoms with Crippen LogP contribution in [0.25, 0.3) is 10.9 Å². The summed E-state index contributed by atoms with van der Waals surface area (Å²) < 4.78 is 0. The van der Waals surface area contributed by atoms with E-state index >= 15 is 0 Å². The van der Waals surface area contributed by atoms with Crippen molar-refractivity contribution in [3.63, 3.8) is 0 Å². The van der Waals surface area contributed by atoms with Gasteiger partial charge in [0.25, 0.3) is 0 Å².